The molecule has 1 unspecified atom stereocenters. The molecule has 1 aliphatic heterocycles. The van der Waals surface area contributed by atoms with Crippen molar-refractivity contribution in [3.63, 3.8) is 0 Å². The quantitative estimate of drug-likeness (QED) is 0.801. The van der Waals surface area contributed by atoms with E-state index in [2.05, 4.69) is 4.98 Å². The van der Waals surface area contributed by atoms with Gasteiger partial charge in [-0.05, 0) is 18.6 Å². The lowest BCUT2D eigenvalue weighted by Gasteiger charge is -2.20. The number of aromatic nitrogens is 1. The number of carbonyl (C=O) groups excluding carboxylic acids is 1. The smallest absolute Gasteiger partial charge is 0.326 e. The fraction of sp³-hybridized carbons (Fsp3) is 0.273. The molecule has 1 amide bonds. The molecule has 0 bridgehead atoms. The lowest BCUT2D eigenvalue weighted by molar-refractivity contribution is -0.138. The Morgan fingerprint density at radius 1 is 1.65 bits per heavy atom. The molecule has 17 heavy (non-hydrogen) atoms. The summed E-state index contributed by atoms with van der Waals surface area (Å²) < 4.78 is 0. The molecule has 2 heterocycles. The van der Waals surface area contributed by atoms with Crippen molar-refractivity contribution in [3.8, 4) is 6.07 Å². The van der Waals surface area contributed by atoms with E-state index in [0.717, 1.165) is 4.90 Å². The van der Waals surface area contributed by atoms with Gasteiger partial charge in [-0.25, -0.2) is 9.78 Å². The fourth-order valence-electron chi connectivity index (χ4n) is 1.82. The van der Waals surface area contributed by atoms with E-state index in [1.165, 1.54) is 18.3 Å². The average molecular weight is 231 g/mol. The van der Waals surface area contributed by atoms with Crippen LogP contribution in [0.15, 0.2) is 18.3 Å². The van der Waals surface area contributed by atoms with Gasteiger partial charge < -0.3 is 5.11 Å². The summed E-state index contributed by atoms with van der Waals surface area (Å²) in [7, 11) is 0. The van der Waals surface area contributed by atoms with Crippen molar-refractivity contribution in [2.45, 2.75) is 18.9 Å². The summed E-state index contributed by atoms with van der Waals surface area (Å²) in [6, 6.07) is 3.95. The summed E-state index contributed by atoms with van der Waals surface area (Å²) in [6.45, 7) is 0. The second-order valence-corrected chi connectivity index (χ2v) is 3.67. The van der Waals surface area contributed by atoms with Gasteiger partial charge in [0.15, 0.2) is 0 Å². The van der Waals surface area contributed by atoms with Crippen LogP contribution in [0.2, 0.25) is 0 Å². The highest BCUT2D eigenvalue weighted by atomic mass is 16.4. The van der Waals surface area contributed by atoms with E-state index in [0.29, 0.717) is 5.56 Å². The zero-order chi connectivity index (χ0) is 12.4. The normalized spacial score (nSPS) is 19.1. The van der Waals surface area contributed by atoms with E-state index in [9.17, 15) is 9.59 Å². The van der Waals surface area contributed by atoms with Crippen molar-refractivity contribution < 1.29 is 14.7 Å². The Hall–Kier alpha value is -2.42. The topological polar surface area (TPSA) is 94.3 Å². The molecule has 86 valence electrons. The first-order valence-corrected chi connectivity index (χ1v) is 5.04. The largest absolute Gasteiger partial charge is 0.480 e. The molecule has 1 aromatic rings. The molecule has 0 saturated carbocycles. The third kappa shape index (κ3) is 1.95. The average Bonchev–Trinajstić information content (AvgIpc) is 2.71. The molecule has 1 N–H and O–H groups in total. The van der Waals surface area contributed by atoms with E-state index in [1.54, 1.807) is 0 Å². The van der Waals surface area contributed by atoms with Gasteiger partial charge in [0.2, 0.25) is 5.91 Å². The SMILES string of the molecule is N#Cc1ccnc(N2C(=O)CCC2C(=O)O)c1. The summed E-state index contributed by atoms with van der Waals surface area (Å²) >= 11 is 0. The summed E-state index contributed by atoms with van der Waals surface area (Å²) in [5, 5.41) is 17.8. The Bertz CT molecular complexity index is 521. The molecule has 1 atom stereocenters. The Morgan fingerprint density at radius 2 is 2.41 bits per heavy atom. The molecular weight excluding hydrogens is 222 g/mol. The van der Waals surface area contributed by atoms with E-state index in [-0.39, 0.29) is 24.6 Å². The number of pyridine rings is 1. The molecule has 1 saturated heterocycles. The van der Waals surface area contributed by atoms with Gasteiger partial charge in [0, 0.05) is 12.6 Å². The lowest BCUT2D eigenvalue weighted by Crippen LogP contribution is -2.39. The van der Waals surface area contributed by atoms with Gasteiger partial charge in [-0.15, -0.1) is 0 Å². The number of rotatable bonds is 2. The Kier molecular flexibility index (Phi) is 2.75. The minimum Gasteiger partial charge on any atom is -0.480 e. The maximum atomic E-state index is 11.6. The molecule has 1 aliphatic rings. The first-order chi connectivity index (χ1) is 8.13. The molecule has 1 aromatic heterocycles. The number of aliphatic carboxylic acids is 1. The zero-order valence-electron chi connectivity index (χ0n) is 8.83. The first kappa shape index (κ1) is 11.1. The van der Waals surface area contributed by atoms with Crippen LogP contribution in [0.25, 0.3) is 0 Å². The highest BCUT2D eigenvalue weighted by Gasteiger charge is 2.37. The summed E-state index contributed by atoms with van der Waals surface area (Å²) in [5.74, 6) is -1.11. The minimum absolute atomic E-state index is 0.190. The second-order valence-electron chi connectivity index (χ2n) is 3.67. The van der Waals surface area contributed by atoms with Crippen LogP contribution < -0.4 is 4.90 Å². The maximum absolute atomic E-state index is 11.6. The number of hydrogen-bond donors (Lipinski definition) is 1. The van der Waals surface area contributed by atoms with E-state index >= 15 is 0 Å². The molecule has 6 nitrogen and oxygen atoms in total. The van der Waals surface area contributed by atoms with Crippen LogP contribution in [-0.2, 0) is 9.59 Å². The lowest BCUT2D eigenvalue weighted by atomic mass is 10.2. The maximum Gasteiger partial charge on any atom is 0.326 e. The van der Waals surface area contributed by atoms with E-state index in [1.807, 2.05) is 6.07 Å². The number of carbonyl (C=O) groups is 2. The number of amides is 1. The minimum atomic E-state index is -1.06. The van der Waals surface area contributed by atoms with Crippen molar-refractivity contribution in [3.05, 3.63) is 23.9 Å². The van der Waals surface area contributed by atoms with Gasteiger partial charge >= 0.3 is 5.97 Å². The highest BCUT2D eigenvalue weighted by Crippen LogP contribution is 2.25. The standard InChI is InChI=1S/C11H9N3O3/c12-6-7-3-4-13-9(5-7)14-8(11(16)17)1-2-10(14)15/h3-5,8H,1-2H2,(H,16,17). The predicted octanol–water partition coefficient (Wildman–Crippen LogP) is 0.533. The number of nitriles is 1. The van der Waals surface area contributed by atoms with Gasteiger partial charge in [-0.2, -0.15) is 5.26 Å². The molecule has 6 heteroatoms. The Balaban J connectivity index is 2.40. The second kappa shape index (κ2) is 4.22. The van der Waals surface area contributed by atoms with Crippen LogP contribution in [0, 0.1) is 11.3 Å². The Morgan fingerprint density at radius 3 is 3.06 bits per heavy atom. The van der Waals surface area contributed by atoms with Crippen LogP contribution in [-0.4, -0.2) is 28.0 Å². The van der Waals surface area contributed by atoms with Gasteiger partial charge in [-0.3, -0.25) is 9.69 Å². The third-order valence-corrected chi connectivity index (χ3v) is 2.62. The third-order valence-electron chi connectivity index (χ3n) is 2.62. The van der Waals surface area contributed by atoms with Gasteiger partial charge in [0.05, 0.1) is 11.6 Å². The summed E-state index contributed by atoms with van der Waals surface area (Å²) in [6.07, 6.45) is 1.85. The van der Waals surface area contributed by atoms with E-state index < -0.39 is 12.0 Å². The number of carboxylic acids is 1. The first-order valence-electron chi connectivity index (χ1n) is 5.04. The number of hydrogen-bond acceptors (Lipinski definition) is 4. The Labute approximate surface area is 97.1 Å². The van der Waals surface area contributed by atoms with Crippen LogP contribution >= 0.6 is 0 Å². The van der Waals surface area contributed by atoms with Crippen molar-refractivity contribution in [1.82, 2.24) is 4.98 Å². The highest BCUT2D eigenvalue weighted by molar-refractivity contribution is 6.01. The van der Waals surface area contributed by atoms with Crippen molar-refractivity contribution in [2.75, 3.05) is 4.90 Å². The monoisotopic (exact) mass is 231 g/mol. The van der Waals surface area contributed by atoms with Gasteiger partial charge in [0.1, 0.15) is 11.9 Å². The van der Waals surface area contributed by atoms with Crippen LogP contribution in [0.4, 0.5) is 5.82 Å². The van der Waals surface area contributed by atoms with Crippen molar-refractivity contribution >= 4 is 17.7 Å². The fourth-order valence-corrected chi connectivity index (χ4v) is 1.82. The molecule has 0 spiro atoms. The van der Waals surface area contributed by atoms with Crippen LogP contribution in [0.3, 0.4) is 0 Å². The molecule has 0 aliphatic carbocycles. The predicted molar refractivity (Wildman–Crippen MR) is 57.1 cm³/mol. The van der Waals surface area contributed by atoms with Crippen molar-refractivity contribution in [2.24, 2.45) is 0 Å². The van der Waals surface area contributed by atoms with Crippen LogP contribution in [0.1, 0.15) is 18.4 Å². The number of anilines is 1. The van der Waals surface area contributed by atoms with E-state index in [4.69, 9.17) is 10.4 Å². The molecule has 1 fully saturated rings. The molecule has 0 radical (unpaired) electrons. The zero-order valence-corrected chi connectivity index (χ0v) is 8.83. The number of nitrogens with zero attached hydrogens (tertiary/aromatic N) is 3. The van der Waals surface area contributed by atoms with Gasteiger partial charge in [0.25, 0.3) is 0 Å². The molecule has 2 rings (SSSR count). The summed E-state index contributed by atoms with van der Waals surface area (Å²) in [5.41, 5.74) is 0.346. The number of carboxylic acid groups (broad SMARTS) is 1. The molecule has 0 aromatic carbocycles. The molecular formula is C11H9N3O3. The van der Waals surface area contributed by atoms with Gasteiger partial charge in [-0.1, -0.05) is 0 Å². The van der Waals surface area contributed by atoms with Crippen LogP contribution in [0.5, 0.6) is 0 Å². The van der Waals surface area contributed by atoms with Crippen molar-refractivity contribution in [1.29, 1.82) is 5.26 Å². The summed E-state index contributed by atoms with van der Waals surface area (Å²) in [4.78, 5) is 27.7.